The molecule has 0 radical (unpaired) electrons. The minimum absolute atomic E-state index is 0.0245. The fourth-order valence-corrected chi connectivity index (χ4v) is 3.90. The van der Waals surface area contributed by atoms with Gasteiger partial charge in [-0.1, -0.05) is 42.0 Å². The summed E-state index contributed by atoms with van der Waals surface area (Å²) in [7, 11) is 0. The molecule has 1 aliphatic rings. The quantitative estimate of drug-likeness (QED) is 0.606. The van der Waals surface area contributed by atoms with Crippen LogP contribution in [0.15, 0.2) is 61.1 Å². The third-order valence-electron chi connectivity index (χ3n) is 5.26. The van der Waals surface area contributed by atoms with Crippen LogP contribution in [-0.4, -0.2) is 34.3 Å². The van der Waals surface area contributed by atoms with Crippen LogP contribution >= 0.6 is 0 Å². The summed E-state index contributed by atoms with van der Waals surface area (Å²) in [6.45, 7) is 3.46. The number of H-pyrrole nitrogens is 1. The second-order valence-electron chi connectivity index (χ2n) is 7.66. The Morgan fingerprint density at radius 2 is 2.00 bits per heavy atom. The first-order valence-electron chi connectivity index (χ1n) is 10.1. The molecule has 4 rings (SSSR count). The Kier molecular flexibility index (Phi) is 6.41. The highest BCUT2D eigenvalue weighted by Crippen LogP contribution is 2.33. The largest absolute Gasteiger partial charge is 0.416 e. The van der Waals surface area contributed by atoms with Crippen LogP contribution in [0.5, 0.6) is 0 Å². The van der Waals surface area contributed by atoms with Gasteiger partial charge in [0, 0.05) is 25.0 Å². The molecule has 0 aliphatic carbocycles. The van der Waals surface area contributed by atoms with Gasteiger partial charge in [0.25, 0.3) is 0 Å². The molecule has 2 unspecified atom stereocenters. The van der Waals surface area contributed by atoms with Gasteiger partial charge in [-0.15, -0.1) is 0 Å². The van der Waals surface area contributed by atoms with E-state index in [9.17, 15) is 13.2 Å². The third-order valence-corrected chi connectivity index (χ3v) is 5.26. The van der Waals surface area contributed by atoms with Gasteiger partial charge in [0.15, 0.2) is 6.29 Å². The smallest absolute Gasteiger partial charge is 0.349 e. The maximum Gasteiger partial charge on any atom is 0.416 e. The van der Waals surface area contributed by atoms with Crippen molar-refractivity contribution in [2.24, 2.45) is 0 Å². The molecule has 8 heteroatoms. The lowest BCUT2D eigenvalue weighted by Crippen LogP contribution is -2.46. The topological polar surface area (TPSA) is 50.4 Å². The zero-order valence-electron chi connectivity index (χ0n) is 17.1. The molecule has 164 valence electrons. The van der Waals surface area contributed by atoms with Gasteiger partial charge >= 0.3 is 6.18 Å². The Labute approximate surface area is 178 Å². The molecular formula is C23H24F3N3O2. The van der Waals surface area contributed by atoms with E-state index < -0.39 is 18.0 Å². The van der Waals surface area contributed by atoms with Crippen LogP contribution in [0.3, 0.4) is 0 Å². The zero-order chi connectivity index (χ0) is 21.8. The van der Waals surface area contributed by atoms with Gasteiger partial charge in [0.1, 0.15) is 0 Å². The van der Waals surface area contributed by atoms with E-state index in [1.54, 1.807) is 25.5 Å². The summed E-state index contributed by atoms with van der Waals surface area (Å²) < 4.78 is 51.5. The van der Waals surface area contributed by atoms with Crippen LogP contribution < -0.4 is 0 Å². The highest BCUT2D eigenvalue weighted by molar-refractivity contribution is 5.31. The molecule has 3 aromatic rings. The Morgan fingerprint density at radius 1 is 1.19 bits per heavy atom. The van der Waals surface area contributed by atoms with Crippen LogP contribution in [0.25, 0.3) is 0 Å². The number of ether oxygens (including phenoxy) is 2. The number of imidazole rings is 1. The number of benzene rings is 2. The second kappa shape index (κ2) is 9.21. The summed E-state index contributed by atoms with van der Waals surface area (Å²) >= 11 is 0. The molecule has 31 heavy (non-hydrogen) atoms. The van der Waals surface area contributed by atoms with Crippen molar-refractivity contribution < 1.29 is 22.6 Å². The normalized spacial score (nSPS) is 20.1. The molecule has 1 N–H and O–H groups in total. The van der Waals surface area contributed by atoms with Crippen molar-refractivity contribution in [1.29, 1.82) is 0 Å². The first-order valence-corrected chi connectivity index (χ1v) is 10.1. The number of morpholine rings is 1. The minimum Gasteiger partial charge on any atom is -0.349 e. The molecule has 1 aliphatic heterocycles. The highest BCUT2D eigenvalue weighted by Gasteiger charge is 2.35. The summed E-state index contributed by atoms with van der Waals surface area (Å²) in [5.74, 6) is 0. The van der Waals surface area contributed by atoms with Crippen molar-refractivity contribution in [3.05, 3.63) is 89.0 Å². The number of aromatic amines is 1. The number of aryl methyl sites for hydroxylation is 1. The number of hydrogen-bond acceptors (Lipinski definition) is 4. The first kappa shape index (κ1) is 21.5. The fraction of sp³-hybridized carbons (Fsp3) is 0.348. The summed E-state index contributed by atoms with van der Waals surface area (Å²) in [6.07, 6.45) is -1.60. The lowest BCUT2D eigenvalue weighted by molar-refractivity contribution is -0.218. The Balaban J connectivity index is 1.55. The summed E-state index contributed by atoms with van der Waals surface area (Å²) in [4.78, 5) is 9.43. The van der Waals surface area contributed by atoms with Crippen molar-refractivity contribution in [1.82, 2.24) is 14.9 Å². The van der Waals surface area contributed by atoms with Crippen LogP contribution in [0.2, 0.25) is 0 Å². The number of rotatable bonds is 6. The van der Waals surface area contributed by atoms with E-state index in [-0.39, 0.29) is 12.6 Å². The van der Waals surface area contributed by atoms with Crippen molar-refractivity contribution in [2.75, 3.05) is 13.2 Å². The molecule has 0 spiro atoms. The Bertz CT molecular complexity index is 977. The number of nitrogens with one attached hydrogen (secondary N) is 1. The standard InChI is InChI=1S/C23H24F3N3O2/c1-16-9-17(11-19(10-16)23(24,25)26)14-31-22-21(18-5-3-2-4-6-18)29(7-8-30-22)13-20-12-27-15-28-20/h2-6,9-12,15,21-22H,7-8,13-14H2,1H3,(H,27,28). The van der Waals surface area contributed by atoms with Crippen LogP contribution in [0.1, 0.15) is 34.0 Å². The molecule has 5 nitrogen and oxygen atoms in total. The Morgan fingerprint density at radius 3 is 2.71 bits per heavy atom. The molecule has 1 fully saturated rings. The first-order chi connectivity index (χ1) is 14.9. The number of hydrogen-bond donors (Lipinski definition) is 1. The Hall–Kier alpha value is -2.68. The molecule has 2 heterocycles. The van der Waals surface area contributed by atoms with Gasteiger partial charge in [0.05, 0.1) is 31.1 Å². The zero-order valence-corrected chi connectivity index (χ0v) is 17.1. The second-order valence-corrected chi connectivity index (χ2v) is 7.66. The van der Waals surface area contributed by atoms with E-state index in [2.05, 4.69) is 14.9 Å². The van der Waals surface area contributed by atoms with E-state index in [0.717, 1.165) is 23.4 Å². The van der Waals surface area contributed by atoms with Crippen LogP contribution in [0, 0.1) is 6.92 Å². The van der Waals surface area contributed by atoms with Gasteiger partial charge in [-0.2, -0.15) is 13.2 Å². The van der Waals surface area contributed by atoms with Gasteiger partial charge in [0.2, 0.25) is 0 Å². The van der Waals surface area contributed by atoms with Gasteiger partial charge in [-0.05, 0) is 30.2 Å². The molecule has 2 atom stereocenters. The summed E-state index contributed by atoms with van der Waals surface area (Å²) in [5, 5.41) is 0. The highest BCUT2D eigenvalue weighted by atomic mass is 19.4. The average molecular weight is 431 g/mol. The van der Waals surface area contributed by atoms with Gasteiger partial charge in [-0.3, -0.25) is 4.90 Å². The predicted molar refractivity (Wildman–Crippen MR) is 109 cm³/mol. The van der Waals surface area contributed by atoms with Crippen molar-refractivity contribution in [2.45, 2.75) is 38.6 Å². The van der Waals surface area contributed by atoms with E-state index in [1.165, 1.54) is 0 Å². The number of aromatic nitrogens is 2. The van der Waals surface area contributed by atoms with E-state index in [0.29, 0.717) is 30.8 Å². The number of nitrogens with zero attached hydrogens (tertiary/aromatic N) is 2. The monoisotopic (exact) mass is 431 g/mol. The third kappa shape index (κ3) is 5.33. The molecule has 2 aromatic carbocycles. The number of halogens is 3. The van der Waals surface area contributed by atoms with E-state index in [4.69, 9.17) is 9.47 Å². The molecule has 0 saturated carbocycles. The lowest BCUT2D eigenvalue weighted by atomic mass is 10.0. The van der Waals surface area contributed by atoms with Crippen molar-refractivity contribution in [3.63, 3.8) is 0 Å². The summed E-state index contributed by atoms with van der Waals surface area (Å²) in [5.41, 5.74) is 2.32. The molecule has 0 bridgehead atoms. The number of alkyl halides is 3. The van der Waals surface area contributed by atoms with E-state index in [1.807, 2.05) is 30.3 Å². The fourth-order valence-electron chi connectivity index (χ4n) is 3.90. The minimum atomic E-state index is -4.39. The average Bonchev–Trinajstić information content (AvgIpc) is 3.25. The predicted octanol–water partition coefficient (Wildman–Crippen LogP) is 4.85. The van der Waals surface area contributed by atoms with Crippen molar-refractivity contribution in [3.8, 4) is 0 Å². The lowest BCUT2D eigenvalue weighted by Gasteiger charge is -2.41. The SMILES string of the molecule is Cc1cc(COC2OCCN(Cc3cnc[nH]3)C2c2ccccc2)cc(C(F)(F)F)c1. The van der Waals surface area contributed by atoms with Gasteiger partial charge in [-0.25, -0.2) is 4.98 Å². The maximum absolute atomic E-state index is 13.2. The maximum atomic E-state index is 13.2. The van der Waals surface area contributed by atoms with Crippen LogP contribution in [0.4, 0.5) is 13.2 Å². The van der Waals surface area contributed by atoms with E-state index >= 15 is 0 Å². The van der Waals surface area contributed by atoms with Gasteiger partial charge < -0.3 is 14.5 Å². The van der Waals surface area contributed by atoms with Crippen LogP contribution in [-0.2, 0) is 28.8 Å². The summed E-state index contributed by atoms with van der Waals surface area (Å²) in [6, 6.07) is 13.6. The molecule has 0 amide bonds. The molecular weight excluding hydrogens is 407 g/mol. The molecule has 1 saturated heterocycles. The molecule has 1 aromatic heterocycles. The van der Waals surface area contributed by atoms with Crippen molar-refractivity contribution >= 4 is 0 Å².